The summed E-state index contributed by atoms with van der Waals surface area (Å²) in [4.78, 5) is 0. The number of hydrogen-bond acceptors (Lipinski definition) is 2. The predicted octanol–water partition coefficient (Wildman–Crippen LogP) is 15.1. The molecule has 0 aliphatic heterocycles. The van der Waals surface area contributed by atoms with Crippen LogP contribution in [0.25, 0.3) is 21.5 Å². The SMILES string of the molecule is C#CC.C#CC.C#CC.CC.CC.CC.CC.COc1ccccc1.COc1ccccc1.c1ccc2ccccc2c1.c1ccc2ccccc2c1. The Bertz CT molecular complexity index is 1400. The van der Waals surface area contributed by atoms with Crippen LogP contribution < -0.4 is 9.47 Å². The van der Waals surface area contributed by atoms with Gasteiger partial charge in [0.2, 0.25) is 0 Å². The molecule has 0 aliphatic rings. The second-order valence-electron chi connectivity index (χ2n) is 8.59. The molecule has 2 nitrogen and oxygen atoms in total. The van der Waals surface area contributed by atoms with Gasteiger partial charge in [0.25, 0.3) is 0 Å². The highest BCUT2D eigenvalue weighted by molar-refractivity contribution is 5.82. The van der Waals surface area contributed by atoms with Gasteiger partial charge in [-0.1, -0.05) is 189 Å². The van der Waals surface area contributed by atoms with Gasteiger partial charge in [0, 0.05) is 0 Å². The van der Waals surface area contributed by atoms with Crippen molar-refractivity contribution in [3.63, 3.8) is 0 Å². The third kappa shape index (κ3) is 35.7. The van der Waals surface area contributed by atoms with Gasteiger partial charge in [-0.15, -0.1) is 37.0 Å². The van der Waals surface area contributed by atoms with E-state index < -0.39 is 0 Å². The highest BCUT2D eigenvalue weighted by atomic mass is 16.5. The summed E-state index contributed by atoms with van der Waals surface area (Å²) in [5.41, 5.74) is 0. The van der Waals surface area contributed by atoms with Gasteiger partial charge in [-0.2, -0.15) is 0 Å². The number of methoxy groups -OCH3 is 2. The van der Waals surface area contributed by atoms with E-state index in [1.807, 2.05) is 116 Å². The minimum absolute atomic E-state index is 0.910. The monoisotopic (exact) mass is 713 g/mol. The van der Waals surface area contributed by atoms with Crippen LogP contribution in [0, 0.1) is 37.0 Å². The van der Waals surface area contributed by atoms with Crippen LogP contribution in [-0.4, -0.2) is 14.2 Å². The lowest BCUT2D eigenvalue weighted by Crippen LogP contribution is -1.78. The number of ether oxygens (including phenoxy) is 2. The zero-order valence-corrected chi connectivity index (χ0v) is 35.1. The van der Waals surface area contributed by atoms with E-state index in [-0.39, 0.29) is 0 Å². The summed E-state index contributed by atoms with van der Waals surface area (Å²) in [5.74, 6) is 8.57. The van der Waals surface area contributed by atoms with E-state index in [9.17, 15) is 0 Å². The van der Waals surface area contributed by atoms with Crippen molar-refractivity contribution in [1.82, 2.24) is 0 Å². The number of benzene rings is 6. The summed E-state index contributed by atoms with van der Waals surface area (Å²) < 4.78 is 9.83. The van der Waals surface area contributed by atoms with Gasteiger partial charge < -0.3 is 9.47 Å². The average molecular weight is 713 g/mol. The fraction of sp³-hybridized carbons (Fsp3) is 0.255. The largest absolute Gasteiger partial charge is 0.497 e. The van der Waals surface area contributed by atoms with Crippen molar-refractivity contribution in [2.24, 2.45) is 0 Å². The van der Waals surface area contributed by atoms with Crippen molar-refractivity contribution < 1.29 is 9.47 Å². The first-order valence-electron chi connectivity index (χ1n) is 18.2. The summed E-state index contributed by atoms with van der Waals surface area (Å²) in [6, 6.07) is 52.8. The molecule has 0 N–H and O–H groups in total. The van der Waals surface area contributed by atoms with E-state index in [4.69, 9.17) is 9.47 Å². The number of fused-ring (bicyclic) bond motifs is 2. The molecular formula is C51H68O2. The molecule has 6 aromatic carbocycles. The van der Waals surface area contributed by atoms with Gasteiger partial charge in [0.05, 0.1) is 14.2 Å². The van der Waals surface area contributed by atoms with Crippen LogP contribution in [-0.2, 0) is 0 Å². The molecule has 0 aliphatic carbocycles. The molecule has 0 bridgehead atoms. The number of rotatable bonds is 2. The van der Waals surface area contributed by atoms with Crippen LogP contribution in [0.1, 0.15) is 76.2 Å². The third-order valence-electron chi connectivity index (χ3n) is 5.28. The van der Waals surface area contributed by atoms with Gasteiger partial charge >= 0.3 is 0 Å². The Balaban J connectivity index is -0.000000170. The zero-order chi connectivity index (χ0) is 41.4. The molecule has 53 heavy (non-hydrogen) atoms. The van der Waals surface area contributed by atoms with Crippen LogP contribution in [0.4, 0.5) is 0 Å². The van der Waals surface area contributed by atoms with Crippen molar-refractivity contribution >= 4 is 21.5 Å². The molecule has 0 spiro atoms. The maximum Gasteiger partial charge on any atom is 0.118 e. The fourth-order valence-corrected chi connectivity index (χ4v) is 3.38. The van der Waals surface area contributed by atoms with Gasteiger partial charge in [0.1, 0.15) is 11.5 Å². The zero-order valence-electron chi connectivity index (χ0n) is 35.1. The van der Waals surface area contributed by atoms with Crippen LogP contribution in [0.15, 0.2) is 158 Å². The summed E-state index contributed by atoms with van der Waals surface area (Å²) >= 11 is 0. The van der Waals surface area contributed by atoms with Crippen molar-refractivity contribution in [3.8, 4) is 48.5 Å². The molecule has 0 saturated carbocycles. The van der Waals surface area contributed by atoms with E-state index in [2.05, 4.69) is 134 Å². The van der Waals surface area contributed by atoms with Crippen molar-refractivity contribution in [2.75, 3.05) is 14.2 Å². The van der Waals surface area contributed by atoms with E-state index in [1.165, 1.54) is 21.5 Å². The normalized spacial score (nSPS) is 7.28. The maximum atomic E-state index is 4.91. The average Bonchev–Trinajstić information content (AvgIpc) is 3.26. The van der Waals surface area contributed by atoms with Crippen LogP contribution >= 0.6 is 0 Å². The second-order valence-corrected chi connectivity index (χ2v) is 8.59. The summed E-state index contributed by atoms with van der Waals surface area (Å²) in [6.07, 6.45) is 13.8. The third-order valence-corrected chi connectivity index (χ3v) is 5.28. The second kappa shape index (κ2) is 50.5. The molecule has 284 valence electrons. The van der Waals surface area contributed by atoms with E-state index in [0.717, 1.165) is 11.5 Å². The fourth-order valence-electron chi connectivity index (χ4n) is 3.38. The molecule has 6 rings (SSSR count). The number of para-hydroxylation sites is 2. The first-order valence-corrected chi connectivity index (χ1v) is 18.2. The topological polar surface area (TPSA) is 18.5 Å². The quantitative estimate of drug-likeness (QED) is 0.166. The molecule has 2 heteroatoms. The van der Waals surface area contributed by atoms with Gasteiger partial charge in [0.15, 0.2) is 0 Å². The first kappa shape index (κ1) is 56.5. The Morgan fingerprint density at radius 2 is 0.434 bits per heavy atom. The first-order chi connectivity index (χ1) is 26.0. The molecule has 6 aromatic rings. The summed E-state index contributed by atoms with van der Waals surface area (Å²) in [7, 11) is 3.32. The lowest BCUT2D eigenvalue weighted by molar-refractivity contribution is 0.414. The lowest BCUT2D eigenvalue weighted by atomic mass is 10.1. The van der Waals surface area contributed by atoms with Crippen LogP contribution in [0.5, 0.6) is 11.5 Å². The minimum atomic E-state index is 0.910. The minimum Gasteiger partial charge on any atom is -0.497 e. The molecule has 0 saturated heterocycles. The Morgan fingerprint density at radius 3 is 0.547 bits per heavy atom. The highest BCUT2D eigenvalue weighted by Gasteiger charge is 1.86. The predicted molar refractivity (Wildman–Crippen MR) is 243 cm³/mol. The van der Waals surface area contributed by atoms with Crippen LogP contribution in [0.3, 0.4) is 0 Å². The molecule has 0 unspecified atom stereocenters. The molecule has 0 atom stereocenters. The van der Waals surface area contributed by atoms with E-state index in [1.54, 1.807) is 35.0 Å². The van der Waals surface area contributed by atoms with Crippen molar-refractivity contribution in [1.29, 1.82) is 0 Å². The molecule has 0 aromatic heterocycles. The van der Waals surface area contributed by atoms with Gasteiger partial charge in [-0.3, -0.25) is 0 Å². The Labute approximate surface area is 326 Å². The standard InChI is InChI=1S/2C10H8.2C7H8O.3C3H4.4C2H6/c2*1-2-6-10-8-4-3-7-9(10)5-1;2*1-8-7-5-3-2-4-6-7;3*1-3-2;4*1-2/h2*1-8H;2*2-6H,1H3;3*1H,2H3;4*1-2H3. The molecular weight excluding hydrogens is 645 g/mol. The van der Waals surface area contributed by atoms with E-state index >= 15 is 0 Å². The van der Waals surface area contributed by atoms with Gasteiger partial charge in [-0.25, -0.2) is 0 Å². The van der Waals surface area contributed by atoms with Crippen molar-refractivity contribution in [2.45, 2.75) is 76.2 Å². The summed E-state index contributed by atoms with van der Waals surface area (Å²) in [6.45, 7) is 21.0. The van der Waals surface area contributed by atoms with E-state index in [0.29, 0.717) is 0 Å². The highest BCUT2D eigenvalue weighted by Crippen LogP contribution is 2.12. The molecule has 0 radical (unpaired) electrons. The molecule has 0 heterocycles. The smallest absolute Gasteiger partial charge is 0.118 e. The summed E-state index contributed by atoms with van der Waals surface area (Å²) in [5, 5.41) is 5.24. The Hall–Kier alpha value is -5.88. The number of hydrogen-bond donors (Lipinski definition) is 0. The molecule has 0 fully saturated rings. The van der Waals surface area contributed by atoms with Gasteiger partial charge in [-0.05, 0) is 66.6 Å². The van der Waals surface area contributed by atoms with Crippen LogP contribution in [0.2, 0.25) is 0 Å². The Kier molecular flexibility index (Phi) is 53.8. The lowest BCUT2D eigenvalue weighted by Gasteiger charge is -1.93. The molecule has 0 amide bonds. The number of terminal acetylenes is 3. The maximum absolute atomic E-state index is 4.91. The van der Waals surface area contributed by atoms with Crippen molar-refractivity contribution in [3.05, 3.63) is 158 Å². The Morgan fingerprint density at radius 1 is 0.302 bits per heavy atom.